The molecule has 7 nitrogen and oxygen atoms in total. The van der Waals surface area contributed by atoms with Crippen LogP contribution in [0.3, 0.4) is 0 Å². The Balaban J connectivity index is 1.40. The topological polar surface area (TPSA) is 88.6 Å². The Morgan fingerprint density at radius 3 is 2.61 bits per heavy atom. The molecule has 1 amide bonds. The van der Waals surface area contributed by atoms with Gasteiger partial charge in [0.1, 0.15) is 17.4 Å². The van der Waals surface area contributed by atoms with Crippen molar-refractivity contribution in [2.45, 2.75) is 17.9 Å². The van der Waals surface area contributed by atoms with Gasteiger partial charge in [-0.3, -0.25) is 4.79 Å². The van der Waals surface area contributed by atoms with E-state index in [1.807, 2.05) is 0 Å². The minimum absolute atomic E-state index is 0.141. The molecule has 4 rings (SSSR count). The van der Waals surface area contributed by atoms with Crippen molar-refractivity contribution in [2.75, 3.05) is 18.4 Å². The highest BCUT2D eigenvalue weighted by atomic mass is 32.2. The molecule has 0 atom stereocenters. The minimum atomic E-state index is -3.64. The molecule has 0 radical (unpaired) electrons. The molecule has 146 valence electrons. The molecule has 0 unspecified atom stereocenters. The lowest BCUT2D eigenvalue weighted by atomic mass is 10.2. The lowest BCUT2D eigenvalue weighted by Gasteiger charge is -2.37. The van der Waals surface area contributed by atoms with Gasteiger partial charge in [-0.1, -0.05) is 17.4 Å². The molecule has 1 aromatic heterocycles. The van der Waals surface area contributed by atoms with Crippen LogP contribution in [-0.2, 0) is 14.8 Å². The van der Waals surface area contributed by atoms with Gasteiger partial charge in [0.05, 0.1) is 22.7 Å². The highest BCUT2D eigenvalue weighted by molar-refractivity contribution is 7.89. The van der Waals surface area contributed by atoms with Crippen LogP contribution in [-0.4, -0.2) is 42.8 Å². The van der Waals surface area contributed by atoms with Crippen molar-refractivity contribution in [3.05, 3.63) is 48.3 Å². The van der Waals surface area contributed by atoms with Crippen LogP contribution in [0.2, 0.25) is 0 Å². The summed E-state index contributed by atoms with van der Waals surface area (Å²) in [6.07, 6.45) is -0.336. The number of carbonyl (C=O) groups excluding carboxylic acids is 1. The third-order valence-electron chi connectivity index (χ3n) is 4.24. The van der Waals surface area contributed by atoms with E-state index in [2.05, 4.69) is 10.3 Å². The molecule has 2 aromatic carbocycles. The van der Waals surface area contributed by atoms with Gasteiger partial charge in [-0.15, -0.1) is 0 Å². The van der Waals surface area contributed by atoms with Crippen LogP contribution in [0.1, 0.15) is 6.92 Å². The second-order valence-electron chi connectivity index (χ2n) is 6.33. The lowest BCUT2D eigenvalue weighted by molar-refractivity contribution is -0.114. The summed E-state index contributed by atoms with van der Waals surface area (Å²) in [6.45, 7) is 1.76. The number of nitrogens with zero attached hydrogens (tertiary/aromatic N) is 2. The van der Waals surface area contributed by atoms with Gasteiger partial charge >= 0.3 is 0 Å². The molecule has 1 fully saturated rings. The molecule has 1 N–H and O–H groups in total. The normalized spacial score (nSPS) is 15.4. The second kappa shape index (κ2) is 7.12. The van der Waals surface area contributed by atoms with Crippen LogP contribution in [0.5, 0.6) is 5.19 Å². The van der Waals surface area contributed by atoms with Gasteiger partial charge in [-0.2, -0.15) is 9.29 Å². The largest absolute Gasteiger partial charge is 0.464 e. The first-order valence-corrected chi connectivity index (χ1v) is 10.7. The first-order valence-electron chi connectivity index (χ1n) is 8.42. The molecule has 1 aliphatic heterocycles. The summed E-state index contributed by atoms with van der Waals surface area (Å²) in [4.78, 5) is 15.3. The number of anilines is 1. The summed E-state index contributed by atoms with van der Waals surface area (Å²) in [5.74, 6) is -0.641. The number of thiazole rings is 1. The van der Waals surface area contributed by atoms with E-state index >= 15 is 0 Å². The van der Waals surface area contributed by atoms with Crippen molar-refractivity contribution >= 4 is 43.2 Å². The molecular formula is C18H16FN3O4S2. The Morgan fingerprint density at radius 2 is 1.96 bits per heavy atom. The fourth-order valence-electron chi connectivity index (χ4n) is 2.82. The molecule has 10 heteroatoms. The van der Waals surface area contributed by atoms with E-state index in [9.17, 15) is 17.6 Å². The number of hydrogen-bond acceptors (Lipinski definition) is 6. The van der Waals surface area contributed by atoms with E-state index in [4.69, 9.17) is 4.74 Å². The molecule has 1 aliphatic rings. The average Bonchev–Trinajstić information content (AvgIpc) is 3.02. The van der Waals surface area contributed by atoms with Gasteiger partial charge in [-0.05, 0) is 36.4 Å². The minimum Gasteiger partial charge on any atom is -0.464 e. The molecular weight excluding hydrogens is 405 g/mol. The van der Waals surface area contributed by atoms with E-state index in [0.717, 1.165) is 0 Å². The highest BCUT2D eigenvalue weighted by Crippen LogP contribution is 2.32. The van der Waals surface area contributed by atoms with Crippen LogP contribution in [0.4, 0.5) is 10.1 Å². The number of sulfonamides is 1. The number of fused-ring (bicyclic) bond motifs is 1. The predicted octanol–water partition coefficient (Wildman–Crippen LogP) is 2.85. The maximum absolute atomic E-state index is 13.7. The van der Waals surface area contributed by atoms with E-state index in [1.54, 1.807) is 12.1 Å². The lowest BCUT2D eigenvalue weighted by Crippen LogP contribution is -2.55. The van der Waals surface area contributed by atoms with E-state index in [0.29, 0.717) is 15.6 Å². The average molecular weight is 421 g/mol. The molecule has 28 heavy (non-hydrogen) atoms. The number of carbonyl (C=O) groups is 1. The Labute approximate surface area is 164 Å². The van der Waals surface area contributed by atoms with Crippen LogP contribution in [0, 0.1) is 5.82 Å². The van der Waals surface area contributed by atoms with Crippen molar-refractivity contribution in [3.8, 4) is 5.19 Å². The summed E-state index contributed by atoms with van der Waals surface area (Å²) >= 11 is 1.22. The van der Waals surface area contributed by atoms with Gasteiger partial charge in [0.15, 0.2) is 0 Å². The molecule has 0 saturated carbocycles. The SMILES string of the molecule is CC(=O)Nc1ccc(S(=O)(=O)N2CC(Oc3nc4c(F)cccc4s3)C2)cc1. The third kappa shape index (κ3) is 3.58. The Kier molecular flexibility index (Phi) is 4.77. The Hall–Kier alpha value is -2.56. The van der Waals surface area contributed by atoms with Crippen molar-refractivity contribution < 1.29 is 22.3 Å². The number of rotatable bonds is 5. The fourth-order valence-corrected chi connectivity index (χ4v) is 5.22. The number of halogens is 1. The number of ether oxygens (including phenoxy) is 1. The molecule has 2 heterocycles. The predicted molar refractivity (Wildman–Crippen MR) is 103 cm³/mol. The zero-order valence-corrected chi connectivity index (χ0v) is 16.4. The van der Waals surface area contributed by atoms with Crippen LogP contribution in [0.15, 0.2) is 47.4 Å². The number of nitrogens with one attached hydrogen (secondary N) is 1. The Bertz CT molecular complexity index is 1140. The van der Waals surface area contributed by atoms with Gasteiger partial charge in [0.25, 0.3) is 5.19 Å². The van der Waals surface area contributed by atoms with Crippen LogP contribution in [0.25, 0.3) is 10.2 Å². The van der Waals surface area contributed by atoms with Crippen molar-refractivity contribution in [1.82, 2.24) is 9.29 Å². The zero-order chi connectivity index (χ0) is 19.9. The number of para-hydroxylation sites is 1. The van der Waals surface area contributed by atoms with E-state index < -0.39 is 15.8 Å². The first kappa shape index (κ1) is 18.8. The summed E-state index contributed by atoms with van der Waals surface area (Å²) < 4.78 is 46.7. The fraction of sp³-hybridized carbons (Fsp3) is 0.222. The molecule has 0 aliphatic carbocycles. The standard InChI is InChI=1S/C18H16FN3O4S2/c1-11(23)20-12-5-7-14(8-6-12)28(24,25)22-9-13(10-22)26-18-21-17-15(19)3-2-4-16(17)27-18/h2-8,13H,9-10H2,1H3,(H,20,23). The van der Waals surface area contributed by atoms with E-state index in [1.165, 1.54) is 52.9 Å². The number of amides is 1. The van der Waals surface area contributed by atoms with Crippen LogP contribution < -0.4 is 10.1 Å². The number of benzene rings is 2. The van der Waals surface area contributed by atoms with Crippen molar-refractivity contribution in [2.24, 2.45) is 0 Å². The van der Waals surface area contributed by atoms with E-state index in [-0.39, 0.29) is 35.5 Å². The maximum Gasteiger partial charge on any atom is 0.274 e. The smallest absolute Gasteiger partial charge is 0.274 e. The molecule has 0 bridgehead atoms. The first-order chi connectivity index (χ1) is 13.3. The summed E-state index contributed by atoms with van der Waals surface area (Å²) in [5, 5.41) is 2.91. The third-order valence-corrected chi connectivity index (χ3v) is 7.00. The monoisotopic (exact) mass is 421 g/mol. The zero-order valence-electron chi connectivity index (χ0n) is 14.8. The van der Waals surface area contributed by atoms with Gasteiger partial charge < -0.3 is 10.1 Å². The Morgan fingerprint density at radius 1 is 1.25 bits per heavy atom. The summed E-state index contributed by atoms with van der Waals surface area (Å²) in [5.41, 5.74) is 0.782. The molecule has 3 aromatic rings. The summed E-state index contributed by atoms with van der Waals surface area (Å²) in [7, 11) is -3.64. The maximum atomic E-state index is 13.7. The van der Waals surface area contributed by atoms with Crippen LogP contribution >= 0.6 is 11.3 Å². The second-order valence-corrected chi connectivity index (χ2v) is 9.26. The molecule has 0 spiro atoms. The number of aromatic nitrogens is 1. The van der Waals surface area contributed by atoms with Crippen molar-refractivity contribution in [3.63, 3.8) is 0 Å². The van der Waals surface area contributed by atoms with Gasteiger partial charge in [0.2, 0.25) is 15.9 Å². The number of hydrogen-bond donors (Lipinski definition) is 1. The quantitative estimate of drug-likeness (QED) is 0.684. The van der Waals surface area contributed by atoms with Gasteiger partial charge in [0, 0.05) is 12.6 Å². The highest BCUT2D eigenvalue weighted by Gasteiger charge is 2.38. The summed E-state index contributed by atoms with van der Waals surface area (Å²) in [6, 6.07) is 10.7. The van der Waals surface area contributed by atoms with Crippen molar-refractivity contribution in [1.29, 1.82) is 0 Å². The van der Waals surface area contributed by atoms with Gasteiger partial charge in [-0.25, -0.2) is 12.8 Å². The molecule has 1 saturated heterocycles.